The minimum Gasteiger partial charge on any atom is -0.350 e. The third kappa shape index (κ3) is 3.14. The van der Waals surface area contributed by atoms with Gasteiger partial charge in [-0.1, -0.05) is 24.3 Å². The van der Waals surface area contributed by atoms with Crippen LogP contribution in [0.5, 0.6) is 0 Å². The molecule has 2 aromatic rings. The molecular formula is C16H19N3OS. The molecule has 1 unspecified atom stereocenters. The van der Waals surface area contributed by atoms with E-state index in [1.807, 2.05) is 5.38 Å². The third-order valence-electron chi connectivity index (χ3n) is 3.91. The molecule has 21 heavy (non-hydrogen) atoms. The summed E-state index contributed by atoms with van der Waals surface area (Å²) in [5, 5.41) is 5.74. The Morgan fingerprint density at radius 1 is 1.43 bits per heavy atom. The summed E-state index contributed by atoms with van der Waals surface area (Å²) in [7, 11) is 0. The van der Waals surface area contributed by atoms with Crippen molar-refractivity contribution in [2.75, 3.05) is 13.1 Å². The summed E-state index contributed by atoms with van der Waals surface area (Å²) in [6.45, 7) is 1.24. The maximum Gasteiger partial charge on any atom is 0.270 e. The van der Waals surface area contributed by atoms with Gasteiger partial charge < -0.3 is 11.1 Å². The molecule has 4 nitrogen and oxygen atoms in total. The van der Waals surface area contributed by atoms with Crippen LogP contribution >= 0.6 is 11.3 Å². The van der Waals surface area contributed by atoms with Crippen molar-refractivity contribution in [2.45, 2.75) is 25.2 Å². The zero-order valence-electron chi connectivity index (χ0n) is 11.8. The fourth-order valence-corrected chi connectivity index (χ4v) is 3.61. The highest BCUT2D eigenvalue weighted by molar-refractivity contribution is 7.09. The van der Waals surface area contributed by atoms with Crippen LogP contribution in [0.1, 0.15) is 39.0 Å². The summed E-state index contributed by atoms with van der Waals surface area (Å²) in [6, 6.07) is 8.49. The van der Waals surface area contributed by atoms with E-state index in [9.17, 15) is 4.79 Å². The molecule has 1 atom stereocenters. The van der Waals surface area contributed by atoms with Gasteiger partial charge in [0.2, 0.25) is 0 Å². The van der Waals surface area contributed by atoms with Gasteiger partial charge >= 0.3 is 0 Å². The quantitative estimate of drug-likeness (QED) is 0.888. The van der Waals surface area contributed by atoms with Crippen LogP contribution in [-0.2, 0) is 12.8 Å². The van der Waals surface area contributed by atoms with Gasteiger partial charge in [0.15, 0.2) is 0 Å². The number of nitrogens with zero attached hydrogens (tertiary/aromatic N) is 1. The summed E-state index contributed by atoms with van der Waals surface area (Å²) in [4.78, 5) is 16.4. The maximum absolute atomic E-state index is 12.1. The van der Waals surface area contributed by atoms with Crippen LogP contribution in [0.2, 0.25) is 0 Å². The maximum atomic E-state index is 12.1. The third-order valence-corrected chi connectivity index (χ3v) is 4.82. The molecule has 0 saturated heterocycles. The number of aryl methyl sites for hydroxylation is 1. The molecule has 1 aromatic heterocycles. The number of thiazole rings is 1. The second-order valence-corrected chi connectivity index (χ2v) is 6.25. The first kappa shape index (κ1) is 14.2. The van der Waals surface area contributed by atoms with Gasteiger partial charge in [-0.15, -0.1) is 11.3 Å². The largest absolute Gasteiger partial charge is 0.350 e. The number of carbonyl (C=O) groups excluding carboxylic acids is 1. The normalized spacial score (nSPS) is 16.7. The number of amides is 1. The van der Waals surface area contributed by atoms with Crippen LogP contribution in [0, 0.1) is 0 Å². The van der Waals surface area contributed by atoms with E-state index in [4.69, 9.17) is 5.73 Å². The van der Waals surface area contributed by atoms with Gasteiger partial charge in [0.1, 0.15) is 5.69 Å². The zero-order chi connectivity index (χ0) is 14.7. The van der Waals surface area contributed by atoms with E-state index in [0.717, 1.165) is 24.3 Å². The van der Waals surface area contributed by atoms with Crippen molar-refractivity contribution in [1.29, 1.82) is 0 Å². The molecule has 1 aromatic carbocycles. The van der Waals surface area contributed by atoms with Crippen LogP contribution < -0.4 is 11.1 Å². The van der Waals surface area contributed by atoms with Crippen molar-refractivity contribution in [1.82, 2.24) is 10.3 Å². The molecule has 1 heterocycles. The summed E-state index contributed by atoms with van der Waals surface area (Å²) in [5.41, 5.74) is 8.80. The van der Waals surface area contributed by atoms with Gasteiger partial charge in [0.05, 0.1) is 5.01 Å². The lowest BCUT2D eigenvalue weighted by atomic mass is 10.0. The molecule has 3 N–H and O–H groups in total. The van der Waals surface area contributed by atoms with Crippen molar-refractivity contribution in [3.63, 3.8) is 0 Å². The predicted molar refractivity (Wildman–Crippen MR) is 84.7 cm³/mol. The van der Waals surface area contributed by atoms with E-state index in [-0.39, 0.29) is 5.91 Å². The molecule has 0 spiro atoms. The number of nitrogens with one attached hydrogen (secondary N) is 1. The van der Waals surface area contributed by atoms with Crippen molar-refractivity contribution in [2.24, 2.45) is 5.73 Å². The Morgan fingerprint density at radius 2 is 2.29 bits per heavy atom. The molecule has 0 fully saturated rings. The Morgan fingerprint density at radius 3 is 3.14 bits per heavy atom. The van der Waals surface area contributed by atoms with Crippen LogP contribution in [0.25, 0.3) is 0 Å². The average molecular weight is 301 g/mol. The van der Waals surface area contributed by atoms with E-state index < -0.39 is 0 Å². The topological polar surface area (TPSA) is 68.0 Å². The molecule has 0 radical (unpaired) electrons. The number of benzene rings is 1. The Balaban J connectivity index is 1.59. The number of rotatable bonds is 5. The molecule has 1 aliphatic rings. The smallest absolute Gasteiger partial charge is 0.270 e. The van der Waals surface area contributed by atoms with Gasteiger partial charge in [-0.05, 0) is 30.5 Å². The monoisotopic (exact) mass is 301 g/mol. The lowest BCUT2D eigenvalue weighted by Gasteiger charge is -2.12. The standard InChI is InChI=1S/C16H19N3OS/c17-8-7-15-19-14(10-21-15)16(20)18-9-12-6-5-11-3-1-2-4-13(11)12/h1-4,10,12H,5-9,17H2,(H,18,20). The number of carbonyl (C=O) groups is 1. The molecule has 0 aliphatic heterocycles. The SMILES string of the molecule is NCCc1nc(C(=O)NCC2CCc3ccccc32)cs1. The molecule has 1 aliphatic carbocycles. The fraction of sp³-hybridized carbons (Fsp3) is 0.375. The summed E-state index contributed by atoms with van der Waals surface area (Å²) < 4.78 is 0. The van der Waals surface area contributed by atoms with Crippen LogP contribution in [0.4, 0.5) is 0 Å². The minimum atomic E-state index is -0.0843. The lowest BCUT2D eigenvalue weighted by molar-refractivity contribution is 0.0946. The fourth-order valence-electron chi connectivity index (χ4n) is 2.82. The van der Waals surface area contributed by atoms with Crippen molar-refractivity contribution in [3.05, 3.63) is 51.5 Å². The van der Waals surface area contributed by atoms with E-state index >= 15 is 0 Å². The molecule has 0 saturated carbocycles. The number of hydrogen-bond acceptors (Lipinski definition) is 4. The van der Waals surface area contributed by atoms with E-state index in [2.05, 4.69) is 34.6 Å². The summed E-state index contributed by atoms with van der Waals surface area (Å²) in [5.74, 6) is 0.339. The molecule has 1 amide bonds. The molecule has 5 heteroatoms. The molecule has 0 bridgehead atoms. The number of hydrogen-bond donors (Lipinski definition) is 2. The molecular weight excluding hydrogens is 282 g/mol. The second-order valence-electron chi connectivity index (χ2n) is 5.31. The minimum absolute atomic E-state index is 0.0843. The van der Waals surface area contributed by atoms with Gasteiger partial charge in [-0.3, -0.25) is 4.79 Å². The van der Waals surface area contributed by atoms with Crippen molar-refractivity contribution >= 4 is 17.2 Å². The van der Waals surface area contributed by atoms with Crippen LogP contribution in [0.15, 0.2) is 29.6 Å². The van der Waals surface area contributed by atoms with Gasteiger partial charge in [0, 0.05) is 24.3 Å². The van der Waals surface area contributed by atoms with Crippen LogP contribution in [0.3, 0.4) is 0 Å². The first-order valence-electron chi connectivity index (χ1n) is 7.28. The Labute approximate surface area is 128 Å². The highest BCUT2D eigenvalue weighted by Gasteiger charge is 2.22. The van der Waals surface area contributed by atoms with E-state index in [0.29, 0.717) is 24.7 Å². The first-order chi connectivity index (χ1) is 10.3. The summed E-state index contributed by atoms with van der Waals surface area (Å²) in [6.07, 6.45) is 2.94. The Hall–Kier alpha value is -1.72. The Kier molecular flexibility index (Phi) is 4.31. The highest BCUT2D eigenvalue weighted by atomic mass is 32.1. The van der Waals surface area contributed by atoms with Crippen molar-refractivity contribution in [3.8, 4) is 0 Å². The number of nitrogens with two attached hydrogens (primary N) is 1. The number of fused-ring (bicyclic) bond motifs is 1. The lowest BCUT2D eigenvalue weighted by Crippen LogP contribution is -2.28. The van der Waals surface area contributed by atoms with Crippen molar-refractivity contribution < 1.29 is 4.79 Å². The number of aromatic nitrogens is 1. The van der Waals surface area contributed by atoms with Gasteiger partial charge in [-0.2, -0.15) is 0 Å². The molecule has 110 valence electrons. The Bertz CT molecular complexity index is 638. The van der Waals surface area contributed by atoms with E-state index in [1.54, 1.807) is 0 Å². The van der Waals surface area contributed by atoms with E-state index in [1.165, 1.54) is 22.5 Å². The van der Waals surface area contributed by atoms with Gasteiger partial charge in [-0.25, -0.2) is 4.98 Å². The average Bonchev–Trinajstić information content (AvgIpc) is 3.12. The highest BCUT2D eigenvalue weighted by Crippen LogP contribution is 2.32. The predicted octanol–water partition coefficient (Wildman–Crippen LogP) is 2.10. The summed E-state index contributed by atoms with van der Waals surface area (Å²) >= 11 is 1.50. The molecule has 3 rings (SSSR count). The van der Waals surface area contributed by atoms with Gasteiger partial charge in [0.25, 0.3) is 5.91 Å². The zero-order valence-corrected chi connectivity index (χ0v) is 12.7. The van der Waals surface area contributed by atoms with Crippen LogP contribution in [-0.4, -0.2) is 24.0 Å². The second kappa shape index (κ2) is 6.37. The first-order valence-corrected chi connectivity index (χ1v) is 8.16.